The van der Waals surface area contributed by atoms with Crippen molar-refractivity contribution in [2.75, 3.05) is 19.7 Å². The van der Waals surface area contributed by atoms with E-state index >= 15 is 0 Å². The molecule has 2 aromatic rings. The number of nitrogens with one attached hydrogen (secondary N) is 2. The summed E-state index contributed by atoms with van der Waals surface area (Å²) in [4.78, 5) is 15.5. The van der Waals surface area contributed by atoms with Crippen molar-refractivity contribution in [3.05, 3.63) is 35.5 Å². The van der Waals surface area contributed by atoms with Crippen LogP contribution in [0, 0.1) is 0 Å². The zero-order valence-corrected chi connectivity index (χ0v) is 11.0. The normalized spacial score (nSPS) is 18.9. The average molecular weight is 258 g/mol. The zero-order valence-electron chi connectivity index (χ0n) is 11.0. The lowest BCUT2D eigenvalue weighted by atomic mass is 10.00. The van der Waals surface area contributed by atoms with Gasteiger partial charge in [0.05, 0.1) is 6.61 Å². The zero-order chi connectivity index (χ0) is 13.2. The summed E-state index contributed by atoms with van der Waals surface area (Å²) in [5.74, 6) is -0.380. The molecule has 2 heterocycles. The molecule has 4 nitrogen and oxygen atoms in total. The first kappa shape index (κ1) is 12.2. The van der Waals surface area contributed by atoms with Crippen molar-refractivity contribution in [2.45, 2.75) is 19.3 Å². The maximum atomic E-state index is 12.1. The second-order valence-corrected chi connectivity index (χ2v) is 4.82. The van der Waals surface area contributed by atoms with Crippen molar-refractivity contribution in [2.24, 2.45) is 0 Å². The van der Waals surface area contributed by atoms with Gasteiger partial charge in [-0.2, -0.15) is 0 Å². The standard InChI is InChI=1S/C15H18N2O2/c1-2-19-15(18)12-9-16-8-7-11-10-5-3-4-6-13(10)17-14(11)12/h3-6,12,16-17H,2,7-9H2,1H3/t12-/m1/s1. The molecule has 0 saturated carbocycles. The highest BCUT2D eigenvalue weighted by Gasteiger charge is 2.28. The summed E-state index contributed by atoms with van der Waals surface area (Å²) in [6.07, 6.45) is 0.940. The molecule has 0 aliphatic carbocycles. The molecule has 100 valence electrons. The van der Waals surface area contributed by atoms with Crippen molar-refractivity contribution < 1.29 is 9.53 Å². The first-order valence-corrected chi connectivity index (χ1v) is 6.78. The molecule has 0 fully saturated rings. The number of hydrogen-bond acceptors (Lipinski definition) is 3. The van der Waals surface area contributed by atoms with Gasteiger partial charge < -0.3 is 15.0 Å². The second kappa shape index (κ2) is 5.05. The van der Waals surface area contributed by atoms with Crippen LogP contribution in [0.3, 0.4) is 0 Å². The Kier molecular flexibility index (Phi) is 3.25. The molecule has 1 aromatic carbocycles. The van der Waals surface area contributed by atoms with Gasteiger partial charge in [0, 0.05) is 23.1 Å². The fourth-order valence-electron chi connectivity index (χ4n) is 2.79. The van der Waals surface area contributed by atoms with E-state index in [0.29, 0.717) is 13.2 Å². The van der Waals surface area contributed by atoms with E-state index in [1.54, 1.807) is 0 Å². The summed E-state index contributed by atoms with van der Waals surface area (Å²) in [7, 11) is 0. The van der Waals surface area contributed by atoms with Crippen LogP contribution in [-0.4, -0.2) is 30.6 Å². The lowest BCUT2D eigenvalue weighted by Gasteiger charge is -2.13. The Labute approximate surface area is 112 Å². The minimum Gasteiger partial charge on any atom is -0.465 e. The van der Waals surface area contributed by atoms with E-state index in [4.69, 9.17) is 4.74 Å². The Morgan fingerprint density at radius 2 is 2.26 bits per heavy atom. The van der Waals surface area contributed by atoms with E-state index in [2.05, 4.69) is 22.4 Å². The molecule has 1 aliphatic rings. The molecule has 3 rings (SSSR count). The monoisotopic (exact) mass is 258 g/mol. The van der Waals surface area contributed by atoms with Crippen LogP contribution >= 0.6 is 0 Å². The van der Waals surface area contributed by atoms with Crippen LogP contribution in [0.4, 0.5) is 0 Å². The summed E-state index contributed by atoms with van der Waals surface area (Å²) in [5.41, 5.74) is 3.37. The van der Waals surface area contributed by atoms with Gasteiger partial charge in [-0.3, -0.25) is 4.79 Å². The van der Waals surface area contributed by atoms with Gasteiger partial charge in [0.1, 0.15) is 5.92 Å². The molecule has 0 bridgehead atoms. The molecule has 2 N–H and O–H groups in total. The third-order valence-corrected chi connectivity index (χ3v) is 3.67. The fourth-order valence-corrected chi connectivity index (χ4v) is 2.79. The number of H-pyrrole nitrogens is 1. The number of aromatic amines is 1. The van der Waals surface area contributed by atoms with Crippen molar-refractivity contribution >= 4 is 16.9 Å². The predicted octanol–water partition coefficient (Wildman–Crippen LogP) is 1.96. The molecule has 0 radical (unpaired) electrons. The maximum absolute atomic E-state index is 12.1. The van der Waals surface area contributed by atoms with Crippen molar-refractivity contribution in [3.8, 4) is 0 Å². The van der Waals surface area contributed by atoms with Gasteiger partial charge in [0.2, 0.25) is 0 Å². The minimum absolute atomic E-state index is 0.148. The maximum Gasteiger partial charge on any atom is 0.316 e. The van der Waals surface area contributed by atoms with Gasteiger partial charge in [-0.05, 0) is 31.5 Å². The molecule has 0 saturated heterocycles. The van der Waals surface area contributed by atoms with Gasteiger partial charge >= 0.3 is 5.97 Å². The summed E-state index contributed by atoms with van der Waals surface area (Å²) in [6, 6.07) is 8.21. The number of benzene rings is 1. The summed E-state index contributed by atoms with van der Waals surface area (Å²) < 4.78 is 5.19. The third kappa shape index (κ3) is 2.12. The average Bonchev–Trinajstić information content (AvgIpc) is 2.64. The molecule has 4 heteroatoms. The second-order valence-electron chi connectivity index (χ2n) is 4.82. The van der Waals surface area contributed by atoms with Crippen molar-refractivity contribution in [1.29, 1.82) is 0 Å². The van der Waals surface area contributed by atoms with Gasteiger partial charge in [-0.1, -0.05) is 18.2 Å². The SMILES string of the molecule is CCOC(=O)[C@@H]1CNCCc2c1[nH]c1ccccc21. The number of rotatable bonds is 2. The quantitative estimate of drug-likeness (QED) is 0.810. The minimum atomic E-state index is -0.232. The van der Waals surface area contributed by atoms with Crippen LogP contribution in [0.1, 0.15) is 24.1 Å². The molecule has 0 amide bonds. The van der Waals surface area contributed by atoms with Crippen molar-refractivity contribution in [3.63, 3.8) is 0 Å². The first-order chi connectivity index (χ1) is 9.31. The highest BCUT2D eigenvalue weighted by Crippen LogP contribution is 2.30. The number of carbonyl (C=O) groups is 1. The summed E-state index contributed by atoms with van der Waals surface area (Å²) in [5, 5.41) is 4.53. The number of esters is 1. The number of carbonyl (C=O) groups excluding carboxylic acids is 1. The predicted molar refractivity (Wildman–Crippen MR) is 74.2 cm³/mol. The smallest absolute Gasteiger partial charge is 0.316 e. The Morgan fingerprint density at radius 1 is 1.42 bits per heavy atom. The lowest BCUT2D eigenvalue weighted by molar-refractivity contribution is -0.144. The Balaban J connectivity index is 2.09. The van der Waals surface area contributed by atoms with Crippen LogP contribution in [-0.2, 0) is 16.0 Å². The number of fused-ring (bicyclic) bond motifs is 3. The largest absolute Gasteiger partial charge is 0.465 e. The Bertz CT molecular complexity index is 603. The van der Waals surface area contributed by atoms with Gasteiger partial charge in [-0.15, -0.1) is 0 Å². The molecule has 1 aliphatic heterocycles. The van der Waals surface area contributed by atoms with E-state index in [1.165, 1.54) is 10.9 Å². The van der Waals surface area contributed by atoms with Crippen LogP contribution in [0.2, 0.25) is 0 Å². The van der Waals surface area contributed by atoms with E-state index in [9.17, 15) is 4.79 Å². The van der Waals surface area contributed by atoms with Gasteiger partial charge in [0.15, 0.2) is 0 Å². The molecule has 19 heavy (non-hydrogen) atoms. The molecule has 0 unspecified atom stereocenters. The molecule has 1 aromatic heterocycles. The third-order valence-electron chi connectivity index (χ3n) is 3.67. The molecular formula is C15H18N2O2. The number of ether oxygens (including phenoxy) is 1. The summed E-state index contributed by atoms with van der Waals surface area (Å²) in [6.45, 7) is 3.79. The van der Waals surface area contributed by atoms with Gasteiger partial charge in [0.25, 0.3) is 0 Å². The molecule has 1 atom stereocenters. The highest BCUT2D eigenvalue weighted by atomic mass is 16.5. The van der Waals surface area contributed by atoms with Crippen LogP contribution in [0.25, 0.3) is 10.9 Å². The molecular weight excluding hydrogens is 240 g/mol. The summed E-state index contributed by atoms with van der Waals surface area (Å²) >= 11 is 0. The van der Waals surface area contributed by atoms with E-state index < -0.39 is 0 Å². The van der Waals surface area contributed by atoms with E-state index in [-0.39, 0.29) is 11.9 Å². The lowest BCUT2D eigenvalue weighted by Crippen LogP contribution is -2.27. The van der Waals surface area contributed by atoms with Crippen LogP contribution in [0.15, 0.2) is 24.3 Å². The first-order valence-electron chi connectivity index (χ1n) is 6.78. The highest BCUT2D eigenvalue weighted by molar-refractivity contribution is 5.88. The van der Waals surface area contributed by atoms with E-state index in [0.717, 1.165) is 24.2 Å². The van der Waals surface area contributed by atoms with Crippen molar-refractivity contribution in [1.82, 2.24) is 10.3 Å². The number of hydrogen-bond donors (Lipinski definition) is 2. The topological polar surface area (TPSA) is 54.1 Å². The molecule has 0 spiro atoms. The van der Waals surface area contributed by atoms with Crippen LogP contribution < -0.4 is 5.32 Å². The number of aromatic nitrogens is 1. The van der Waals surface area contributed by atoms with E-state index in [1.807, 2.05) is 19.1 Å². The Hall–Kier alpha value is -1.81. The van der Waals surface area contributed by atoms with Crippen LogP contribution in [0.5, 0.6) is 0 Å². The fraction of sp³-hybridized carbons (Fsp3) is 0.400. The number of para-hydroxylation sites is 1. The van der Waals surface area contributed by atoms with Gasteiger partial charge in [-0.25, -0.2) is 0 Å². The Morgan fingerprint density at radius 3 is 3.11 bits per heavy atom.